The van der Waals surface area contributed by atoms with Crippen molar-refractivity contribution in [2.75, 3.05) is 6.61 Å². The quantitative estimate of drug-likeness (QED) is 0.862. The van der Waals surface area contributed by atoms with Crippen LogP contribution in [0.4, 0.5) is 11.5 Å². The molecule has 0 bridgehead atoms. The van der Waals surface area contributed by atoms with Crippen molar-refractivity contribution in [1.82, 2.24) is 14.9 Å². The van der Waals surface area contributed by atoms with Crippen LogP contribution in [0.3, 0.4) is 0 Å². The zero-order chi connectivity index (χ0) is 17.9. The number of benzene rings is 1. The van der Waals surface area contributed by atoms with E-state index in [1.807, 2.05) is 30.3 Å². The molecule has 0 saturated heterocycles. The van der Waals surface area contributed by atoms with E-state index in [1.54, 1.807) is 4.57 Å². The summed E-state index contributed by atoms with van der Waals surface area (Å²) < 4.78 is 7.42. The molecule has 1 aliphatic heterocycles. The minimum atomic E-state index is -0.436. The largest absolute Gasteiger partial charge is 0.460 e. The predicted octanol–water partition coefficient (Wildman–Crippen LogP) is 2.28. The molecule has 135 valence electrons. The molecule has 0 amide bonds. The first-order chi connectivity index (χ1) is 12.8. The monoisotopic (exact) mass is 353 g/mol. The van der Waals surface area contributed by atoms with Gasteiger partial charge in [0.1, 0.15) is 12.4 Å². The van der Waals surface area contributed by atoms with Crippen LogP contribution in [0.2, 0.25) is 0 Å². The van der Waals surface area contributed by atoms with Crippen LogP contribution in [0, 0.1) is 5.92 Å². The lowest BCUT2D eigenvalue weighted by molar-refractivity contribution is 0.234. The van der Waals surface area contributed by atoms with E-state index in [0.29, 0.717) is 17.6 Å². The molecule has 2 aliphatic rings. The van der Waals surface area contributed by atoms with E-state index >= 15 is 0 Å². The SMILES string of the molecule is O=c1nc(OCc2ccccc2)n(CCO)c2c1[N]C(C1CCCC1)=N2. The van der Waals surface area contributed by atoms with Gasteiger partial charge in [-0.3, -0.25) is 9.36 Å². The Balaban J connectivity index is 1.66. The Bertz CT molecular complexity index is 870. The van der Waals surface area contributed by atoms with Crippen molar-refractivity contribution in [3.63, 3.8) is 0 Å². The highest BCUT2D eigenvalue weighted by molar-refractivity contribution is 5.96. The number of amidine groups is 1. The van der Waals surface area contributed by atoms with Gasteiger partial charge in [0.05, 0.1) is 13.2 Å². The number of ether oxygens (including phenoxy) is 1. The van der Waals surface area contributed by atoms with Gasteiger partial charge < -0.3 is 9.84 Å². The summed E-state index contributed by atoms with van der Waals surface area (Å²) in [5, 5.41) is 13.9. The Morgan fingerprint density at radius 3 is 2.69 bits per heavy atom. The van der Waals surface area contributed by atoms with Crippen LogP contribution in [-0.2, 0) is 13.2 Å². The first-order valence-corrected chi connectivity index (χ1v) is 8.99. The van der Waals surface area contributed by atoms with Gasteiger partial charge >= 0.3 is 11.6 Å². The lowest BCUT2D eigenvalue weighted by Crippen LogP contribution is -2.22. The van der Waals surface area contributed by atoms with Crippen molar-refractivity contribution in [3.8, 4) is 6.01 Å². The fraction of sp³-hybridized carbons (Fsp3) is 0.421. The standard InChI is InChI=1S/C19H21N4O3/c24-11-10-23-17-15(20-16(21-17)14-8-4-5-9-14)18(25)22-19(23)26-12-13-6-2-1-3-7-13/h1-3,6-7,14,24H,4-5,8-12H2. The van der Waals surface area contributed by atoms with Crippen LogP contribution >= 0.6 is 0 Å². The number of fused-ring (bicyclic) bond motifs is 1. The second kappa shape index (κ2) is 7.29. The average molecular weight is 353 g/mol. The van der Waals surface area contributed by atoms with Crippen molar-refractivity contribution in [1.29, 1.82) is 0 Å². The molecule has 0 spiro atoms. The molecule has 1 radical (unpaired) electrons. The molecule has 7 heteroatoms. The third-order valence-electron chi connectivity index (χ3n) is 4.80. The molecular weight excluding hydrogens is 332 g/mol. The molecule has 26 heavy (non-hydrogen) atoms. The van der Waals surface area contributed by atoms with Crippen LogP contribution in [0.15, 0.2) is 40.1 Å². The molecule has 4 rings (SSSR count). The van der Waals surface area contributed by atoms with Gasteiger partial charge in [0.15, 0.2) is 11.5 Å². The summed E-state index contributed by atoms with van der Waals surface area (Å²) in [5.74, 6) is 1.46. The lowest BCUT2D eigenvalue weighted by atomic mass is 10.1. The maximum absolute atomic E-state index is 12.4. The number of aliphatic imine (C=N–C) groups is 1. The molecule has 2 heterocycles. The molecule has 7 nitrogen and oxygen atoms in total. The van der Waals surface area contributed by atoms with E-state index in [-0.39, 0.29) is 31.5 Å². The van der Waals surface area contributed by atoms with Crippen LogP contribution < -0.4 is 15.6 Å². The van der Waals surface area contributed by atoms with Gasteiger partial charge in [0.2, 0.25) is 0 Å². The molecule has 1 aromatic heterocycles. The third-order valence-corrected chi connectivity index (χ3v) is 4.80. The molecule has 1 fully saturated rings. The number of hydrogen-bond donors (Lipinski definition) is 1. The van der Waals surface area contributed by atoms with Gasteiger partial charge in [-0.05, 0) is 18.4 Å². The number of aliphatic hydroxyl groups excluding tert-OH is 1. The Kier molecular flexibility index (Phi) is 4.71. The van der Waals surface area contributed by atoms with Gasteiger partial charge in [0.25, 0.3) is 0 Å². The third kappa shape index (κ3) is 3.22. The van der Waals surface area contributed by atoms with Gasteiger partial charge in [-0.25, -0.2) is 10.3 Å². The zero-order valence-corrected chi connectivity index (χ0v) is 14.5. The predicted molar refractivity (Wildman–Crippen MR) is 97.2 cm³/mol. The summed E-state index contributed by atoms with van der Waals surface area (Å²) in [7, 11) is 0. The topological polar surface area (TPSA) is 90.8 Å². The number of rotatable bonds is 6. The summed E-state index contributed by atoms with van der Waals surface area (Å²) >= 11 is 0. The van der Waals surface area contributed by atoms with E-state index < -0.39 is 5.56 Å². The van der Waals surface area contributed by atoms with Gasteiger partial charge in [-0.1, -0.05) is 43.2 Å². The Morgan fingerprint density at radius 2 is 1.96 bits per heavy atom. The van der Waals surface area contributed by atoms with Crippen LogP contribution in [0.25, 0.3) is 0 Å². The molecule has 1 aromatic carbocycles. The lowest BCUT2D eigenvalue weighted by Gasteiger charge is -2.14. The van der Waals surface area contributed by atoms with E-state index in [0.717, 1.165) is 18.4 Å². The molecule has 2 aromatic rings. The Labute approximate surface area is 151 Å². The molecular formula is C19H21N4O3. The second-order valence-electron chi connectivity index (χ2n) is 6.58. The summed E-state index contributed by atoms with van der Waals surface area (Å²) in [5.41, 5.74) is 0.791. The molecule has 1 N–H and O–H groups in total. The van der Waals surface area contributed by atoms with E-state index in [4.69, 9.17) is 4.74 Å². The molecule has 1 aliphatic carbocycles. The Morgan fingerprint density at radius 1 is 1.19 bits per heavy atom. The normalized spacial score (nSPS) is 16.3. The summed E-state index contributed by atoms with van der Waals surface area (Å²) in [6.07, 6.45) is 4.44. The second-order valence-corrected chi connectivity index (χ2v) is 6.58. The van der Waals surface area contributed by atoms with Crippen molar-refractivity contribution < 1.29 is 9.84 Å². The summed E-state index contributed by atoms with van der Waals surface area (Å²) in [6.45, 7) is 0.428. The van der Waals surface area contributed by atoms with E-state index in [1.165, 1.54) is 12.8 Å². The van der Waals surface area contributed by atoms with Crippen LogP contribution in [0.1, 0.15) is 31.2 Å². The van der Waals surface area contributed by atoms with Crippen molar-refractivity contribution in [3.05, 3.63) is 46.2 Å². The maximum Gasteiger partial charge on any atom is 0.304 e. The smallest absolute Gasteiger partial charge is 0.304 e. The van der Waals surface area contributed by atoms with Gasteiger partial charge in [0, 0.05) is 5.92 Å². The molecule has 1 saturated carbocycles. The highest BCUT2D eigenvalue weighted by Crippen LogP contribution is 2.35. The summed E-state index contributed by atoms with van der Waals surface area (Å²) in [6, 6.07) is 9.82. The van der Waals surface area contributed by atoms with Gasteiger partial charge in [-0.2, -0.15) is 4.98 Å². The number of aromatic nitrogens is 2. The maximum atomic E-state index is 12.4. The first-order valence-electron chi connectivity index (χ1n) is 8.99. The van der Waals surface area contributed by atoms with E-state index in [2.05, 4.69) is 15.3 Å². The number of nitrogens with zero attached hydrogens (tertiary/aromatic N) is 4. The van der Waals surface area contributed by atoms with Crippen LogP contribution in [0.5, 0.6) is 6.01 Å². The highest BCUT2D eigenvalue weighted by atomic mass is 16.5. The van der Waals surface area contributed by atoms with Crippen molar-refractivity contribution >= 4 is 17.3 Å². The number of aliphatic hydroxyl groups is 1. The fourth-order valence-electron chi connectivity index (χ4n) is 3.47. The van der Waals surface area contributed by atoms with E-state index in [9.17, 15) is 9.90 Å². The van der Waals surface area contributed by atoms with Gasteiger partial charge in [-0.15, -0.1) is 0 Å². The van der Waals surface area contributed by atoms with Crippen LogP contribution in [-0.4, -0.2) is 27.1 Å². The molecule has 0 atom stereocenters. The first kappa shape index (κ1) is 16.8. The van der Waals surface area contributed by atoms with Crippen molar-refractivity contribution in [2.45, 2.75) is 38.8 Å². The minimum absolute atomic E-state index is 0.104. The zero-order valence-electron chi connectivity index (χ0n) is 14.5. The average Bonchev–Trinajstić information content (AvgIpc) is 3.33. The number of hydrogen-bond acceptors (Lipinski definition) is 5. The fourth-order valence-corrected chi connectivity index (χ4v) is 3.47. The summed E-state index contributed by atoms with van der Waals surface area (Å²) in [4.78, 5) is 21.1. The Hall–Kier alpha value is -2.67. The minimum Gasteiger partial charge on any atom is -0.460 e. The highest BCUT2D eigenvalue weighted by Gasteiger charge is 2.31. The molecule has 0 unspecified atom stereocenters. The van der Waals surface area contributed by atoms with Crippen molar-refractivity contribution in [2.24, 2.45) is 10.9 Å².